The van der Waals surface area contributed by atoms with Crippen molar-refractivity contribution in [3.8, 4) is 5.75 Å². The van der Waals surface area contributed by atoms with E-state index in [1.807, 2.05) is 6.92 Å². The summed E-state index contributed by atoms with van der Waals surface area (Å²) in [5.41, 5.74) is 2.05. The molecule has 10 heteroatoms. The van der Waals surface area contributed by atoms with E-state index in [1.165, 1.54) is 12.1 Å². The molecule has 3 N–H and O–H groups in total. The van der Waals surface area contributed by atoms with Gasteiger partial charge in [-0.05, 0) is 50.2 Å². The second-order valence-electron chi connectivity index (χ2n) is 6.16. The van der Waals surface area contributed by atoms with Gasteiger partial charge in [-0.3, -0.25) is 10.0 Å². The van der Waals surface area contributed by atoms with Gasteiger partial charge in [0.05, 0.1) is 17.7 Å². The van der Waals surface area contributed by atoms with Crippen LogP contribution in [-0.2, 0) is 10.0 Å². The van der Waals surface area contributed by atoms with Crippen LogP contribution in [0, 0.1) is 13.8 Å². The first kappa shape index (κ1) is 20.6. The van der Waals surface area contributed by atoms with E-state index in [-0.39, 0.29) is 10.0 Å². The third-order valence-corrected chi connectivity index (χ3v) is 6.40. The maximum absolute atomic E-state index is 12.5. The van der Waals surface area contributed by atoms with Gasteiger partial charge >= 0.3 is 6.03 Å². The van der Waals surface area contributed by atoms with Gasteiger partial charge in [-0.25, -0.2) is 18.2 Å². The van der Waals surface area contributed by atoms with Crippen molar-refractivity contribution in [2.24, 2.45) is 0 Å². The number of methoxy groups -OCH3 is 1. The molecule has 0 aliphatic rings. The fraction of sp³-hybridized carbons (Fsp3) is 0.158. The number of anilines is 3. The number of ether oxygens (including phenoxy) is 1. The van der Waals surface area contributed by atoms with E-state index in [0.717, 1.165) is 16.9 Å². The summed E-state index contributed by atoms with van der Waals surface area (Å²) in [6, 6.07) is 12.9. The molecule has 0 aliphatic carbocycles. The number of carbonyl (C=O) groups excluding carboxylic acids is 1. The molecule has 29 heavy (non-hydrogen) atoms. The first-order chi connectivity index (χ1) is 13.8. The summed E-state index contributed by atoms with van der Waals surface area (Å²) in [6.45, 7) is 3.56. The molecule has 8 nitrogen and oxygen atoms in total. The van der Waals surface area contributed by atoms with Crippen LogP contribution in [0.3, 0.4) is 0 Å². The standard InChI is InChI=1S/C19H20N4O4S2/c1-12-4-10-16(11-5-12)29(25,26)23-19-20-13(2)17(28-19)22-18(24)21-14-6-8-15(27-3)9-7-14/h4-11H,1-3H3,(H,20,23)(H2,21,22,24). The predicted molar refractivity (Wildman–Crippen MR) is 114 cm³/mol. The number of sulfonamides is 1. The lowest BCUT2D eigenvalue weighted by atomic mass is 10.2. The maximum atomic E-state index is 12.5. The number of urea groups is 1. The molecular formula is C19H20N4O4S2. The fourth-order valence-corrected chi connectivity index (χ4v) is 4.48. The second kappa shape index (κ2) is 8.50. The van der Waals surface area contributed by atoms with Crippen molar-refractivity contribution < 1.29 is 17.9 Å². The zero-order valence-electron chi connectivity index (χ0n) is 16.0. The summed E-state index contributed by atoms with van der Waals surface area (Å²) in [6.07, 6.45) is 0. The monoisotopic (exact) mass is 432 g/mol. The highest BCUT2D eigenvalue weighted by Gasteiger charge is 2.18. The van der Waals surface area contributed by atoms with Crippen LogP contribution in [0.2, 0.25) is 0 Å². The molecule has 0 fully saturated rings. The molecule has 0 atom stereocenters. The Morgan fingerprint density at radius 1 is 1.00 bits per heavy atom. The summed E-state index contributed by atoms with van der Waals surface area (Å²) in [5.74, 6) is 0.680. The summed E-state index contributed by atoms with van der Waals surface area (Å²) in [5, 5.41) is 5.98. The normalized spacial score (nSPS) is 11.0. The molecule has 0 saturated carbocycles. The molecule has 2 aromatic carbocycles. The highest BCUT2D eigenvalue weighted by molar-refractivity contribution is 7.93. The Labute approximate surface area is 173 Å². The molecule has 152 valence electrons. The summed E-state index contributed by atoms with van der Waals surface area (Å²) in [7, 11) is -2.20. The number of hydrogen-bond donors (Lipinski definition) is 3. The zero-order valence-corrected chi connectivity index (χ0v) is 17.6. The number of aromatic nitrogens is 1. The van der Waals surface area contributed by atoms with Gasteiger partial charge in [0.25, 0.3) is 10.0 Å². The van der Waals surface area contributed by atoms with Crippen LogP contribution in [-0.4, -0.2) is 26.5 Å². The lowest BCUT2D eigenvalue weighted by Crippen LogP contribution is -2.19. The molecule has 2 amide bonds. The Balaban J connectivity index is 1.67. The van der Waals surface area contributed by atoms with Crippen molar-refractivity contribution in [3.63, 3.8) is 0 Å². The second-order valence-corrected chi connectivity index (χ2v) is 8.84. The van der Waals surface area contributed by atoms with Crippen LogP contribution in [0.4, 0.5) is 20.6 Å². The quantitative estimate of drug-likeness (QED) is 0.540. The molecule has 0 bridgehead atoms. The Bertz CT molecular complexity index is 1110. The van der Waals surface area contributed by atoms with E-state index in [2.05, 4.69) is 20.3 Å². The summed E-state index contributed by atoms with van der Waals surface area (Å²) >= 11 is 1.04. The smallest absolute Gasteiger partial charge is 0.324 e. The molecular weight excluding hydrogens is 412 g/mol. The van der Waals surface area contributed by atoms with E-state index >= 15 is 0 Å². The highest BCUT2D eigenvalue weighted by atomic mass is 32.2. The number of nitrogens with zero attached hydrogens (tertiary/aromatic N) is 1. The minimum absolute atomic E-state index is 0.141. The van der Waals surface area contributed by atoms with Gasteiger partial charge in [0.2, 0.25) is 0 Å². The average molecular weight is 433 g/mol. The van der Waals surface area contributed by atoms with E-state index in [0.29, 0.717) is 22.1 Å². The Morgan fingerprint density at radius 3 is 2.28 bits per heavy atom. The van der Waals surface area contributed by atoms with Gasteiger partial charge in [-0.1, -0.05) is 29.0 Å². The van der Waals surface area contributed by atoms with Gasteiger partial charge in [-0.15, -0.1) is 0 Å². The van der Waals surface area contributed by atoms with Gasteiger partial charge < -0.3 is 10.1 Å². The van der Waals surface area contributed by atoms with Crippen molar-refractivity contribution >= 4 is 43.2 Å². The van der Waals surface area contributed by atoms with Crippen LogP contribution in [0.25, 0.3) is 0 Å². The van der Waals surface area contributed by atoms with E-state index < -0.39 is 16.1 Å². The van der Waals surface area contributed by atoms with Crippen LogP contribution in [0.15, 0.2) is 53.4 Å². The number of benzene rings is 2. The molecule has 1 heterocycles. The first-order valence-corrected chi connectivity index (χ1v) is 10.9. The van der Waals surface area contributed by atoms with Gasteiger partial charge in [-0.2, -0.15) is 0 Å². The van der Waals surface area contributed by atoms with Crippen molar-refractivity contribution in [2.45, 2.75) is 18.7 Å². The molecule has 0 saturated heterocycles. The van der Waals surface area contributed by atoms with Crippen LogP contribution < -0.4 is 20.1 Å². The third-order valence-electron chi connectivity index (χ3n) is 3.92. The number of nitrogens with one attached hydrogen (secondary N) is 3. The van der Waals surface area contributed by atoms with Crippen molar-refractivity contribution in [1.29, 1.82) is 0 Å². The predicted octanol–water partition coefficient (Wildman–Crippen LogP) is 4.21. The van der Waals surface area contributed by atoms with Crippen LogP contribution in [0.1, 0.15) is 11.3 Å². The zero-order chi connectivity index (χ0) is 21.0. The molecule has 0 unspecified atom stereocenters. The van der Waals surface area contributed by atoms with Crippen LogP contribution in [0.5, 0.6) is 5.75 Å². The summed E-state index contributed by atoms with van der Waals surface area (Å²) in [4.78, 5) is 16.6. The Hall–Kier alpha value is -3.11. The fourth-order valence-electron chi connectivity index (χ4n) is 2.39. The number of amides is 2. The third kappa shape index (κ3) is 5.24. The topological polar surface area (TPSA) is 109 Å². The Kier molecular flexibility index (Phi) is 6.04. The van der Waals surface area contributed by atoms with Gasteiger partial charge in [0.1, 0.15) is 10.8 Å². The molecule has 3 aromatic rings. The number of carbonyl (C=O) groups is 1. The number of thiazole rings is 1. The molecule has 0 aliphatic heterocycles. The minimum atomic E-state index is -3.76. The molecule has 3 rings (SSSR count). The summed E-state index contributed by atoms with van der Waals surface area (Å²) < 4.78 is 32.5. The van der Waals surface area contributed by atoms with Crippen molar-refractivity contribution in [3.05, 3.63) is 59.8 Å². The first-order valence-electron chi connectivity index (χ1n) is 8.56. The largest absolute Gasteiger partial charge is 0.497 e. The van der Waals surface area contributed by atoms with E-state index in [9.17, 15) is 13.2 Å². The molecule has 0 spiro atoms. The van der Waals surface area contributed by atoms with Gasteiger partial charge in [0.15, 0.2) is 5.13 Å². The molecule has 1 aromatic heterocycles. The average Bonchev–Trinajstić information content (AvgIpc) is 3.00. The molecule has 0 radical (unpaired) electrons. The lowest BCUT2D eigenvalue weighted by Gasteiger charge is -2.07. The van der Waals surface area contributed by atoms with Gasteiger partial charge in [0, 0.05) is 5.69 Å². The van der Waals surface area contributed by atoms with Crippen LogP contribution >= 0.6 is 11.3 Å². The van der Waals surface area contributed by atoms with Crippen molar-refractivity contribution in [2.75, 3.05) is 22.5 Å². The Morgan fingerprint density at radius 2 is 1.66 bits per heavy atom. The van der Waals surface area contributed by atoms with Crippen molar-refractivity contribution in [1.82, 2.24) is 4.98 Å². The number of rotatable bonds is 6. The number of aryl methyl sites for hydroxylation is 2. The number of hydrogen-bond acceptors (Lipinski definition) is 6. The SMILES string of the molecule is COc1ccc(NC(=O)Nc2sc(NS(=O)(=O)c3ccc(C)cc3)nc2C)cc1. The minimum Gasteiger partial charge on any atom is -0.497 e. The van der Waals surface area contributed by atoms with E-state index in [4.69, 9.17) is 4.74 Å². The highest BCUT2D eigenvalue weighted by Crippen LogP contribution is 2.29. The van der Waals surface area contributed by atoms with E-state index in [1.54, 1.807) is 50.4 Å². The maximum Gasteiger partial charge on any atom is 0.324 e. The lowest BCUT2D eigenvalue weighted by molar-refractivity contribution is 0.262.